The Labute approximate surface area is 181 Å². The Bertz CT molecular complexity index is 898. The summed E-state index contributed by atoms with van der Waals surface area (Å²) in [5, 5.41) is 14.1. The lowest BCUT2D eigenvalue weighted by Gasteiger charge is -2.14. The van der Waals surface area contributed by atoms with E-state index in [1.807, 2.05) is 24.3 Å². The number of aliphatic carboxylic acids is 1. The molecule has 0 aromatic heterocycles. The highest BCUT2D eigenvalue weighted by Gasteiger charge is 2.28. The zero-order valence-corrected chi connectivity index (χ0v) is 17.6. The highest BCUT2D eigenvalue weighted by Crippen LogP contribution is 2.44. The summed E-state index contributed by atoms with van der Waals surface area (Å²) in [5.41, 5.74) is 4.68. The van der Waals surface area contributed by atoms with Crippen LogP contribution < -0.4 is 10.6 Å². The number of nitrogens with one attached hydrogen (secondary N) is 2. The summed E-state index contributed by atoms with van der Waals surface area (Å²) in [6.45, 7) is 2.35. The molecule has 0 radical (unpaired) electrons. The Hall–Kier alpha value is -3.35. The molecule has 7 nitrogen and oxygen atoms in total. The standard InChI is InChI=1S/C24H28N2O5/c1-2-21(23(28)29)26-22(27)13-7-8-14-25-24(30)31-15-20-18-11-5-3-9-16(18)17-10-4-6-12-19(17)20/h3-6,9-12,20-21H,2,7-8,13-15H2,1H3,(H,25,30)(H,26,27)(H,28,29). The molecule has 3 N–H and O–H groups in total. The number of unbranched alkanes of at least 4 members (excludes halogenated alkanes) is 1. The van der Waals surface area contributed by atoms with Crippen molar-refractivity contribution in [3.8, 4) is 11.1 Å². The summed E-state index contributed by atoms with van der Waals surface area (Å²) >= 11 is 0. The number of ether oxygens (including phenoxy) is 1. The van der Waals surface area contributed by atoms with Crippen molar-refractivity contribution in [3.63, 3.8) is 0 Å². The average Bonchev–Trinajstić information content (AvgIpc) is 3.09. The van der Waals surface area contributed by atoms with Gasteiger partial charge in [-0.05, 0) is 41.5 Å². The normalized spacial score (nSPS) is 13.1. The van der Waals surface area contributed by atoms with Gasteiger partial charge in [0, 0.05) is 18.9 Å². The van der Waals surface area contributed by atoms with E-state index in [1.165, 1.54) is 11.1 Å². The van der Waals surface area contributed by atoms with Crippen LogP contribution in [0.4, 0.5) is 4.79 Å². The molecule has 0 heterocycles. The fourth-order valence-electron chi connectivity index (χ4n) is 3.86. The number of carboxylic acid groups (broad SMARTS) is 1. The number of carboxylic acids is 1. The first-order valence-corrected chi connectivity index (χ1v) is 10.6. The van der Waals surface area contributed by atoms with Crippen LogP contribution in [0.25, 0.3) is 11.1 Å². The van der Waals surface area contributed by atoms with Crippen LogP contribution in [0.15, 0.2) is 48.5 Å². The van der Waals surface area contributed by atoms with Crippen molar-refractivity contribution in [2.45, 2.75) is 44.6 Å². The summed E-state index contributed by atoms with van der Waals surface area (Å²) in [6.07, 6.45) is 1.22. The molecule has 0 aliphatic heterocycles. The Balaban J connectivity index is 1.39. The molecule has 2 aromatic carbocycles. The van der Waals surface area contributed by atoms with Crippen molar-refractivity contribution in [1.29, 1.82) is 0 Å². The van der Waals surface area contributed by atoms with Crippen molar-refractivity contribution in [2.75, 3.05) is 13.2 Å². The Morgan fingerprint density at radius 2 is 1.61 bits per heavy atom. The van der Waals surface area contributed by atoms with Gasteiger partial charge in [0.15, 0.2) is 0 Å². The monoisotopic (exact) mass is 424 g/mol. The molecule has 3 rings (SSSR count). The van der Waals surface area contributed by atoms with E-state index in [2.05, 4.69) is 34.9 Å². The maximum atomic E-state index is 12.1. The second-order valence-electron chi connectivity index (χ2n) is 7.58. The van der Waals surface area contributed by atoms with Gasteiger partial charge in [0.2, 0.25) is 5.91 Å². The zero-order valence-electron chi connectivity index (χ0n) is 17.6. The third-order valence-electron chi connectivity index (χ3n) is 5.49. The van der Waals surface area contributed by atoms with Gasteiger partial charge in [-0.3, -0.25) is 4.79 Å². The van der Waals surface area contributed by atoms with Crippen LogP contribution >= 0.6 is 0 Å². The number of carbonyl (C=O) groups is 3. The lowest BCUT2D eigenvalue weighted by atomic mass is 9.98. The third kappa shape index (κ3) is 5.63. The van der Waals surface area contributed by atoms with Crippen molar-refractivity contribution < 1.29 is 24.2 Å². The average molecular weight is 424 g/mol. The highest BCUT2D eigenvalue weighted by atomic mass is 16.5. The van der Waals surface area contributed by atoms with Crippen molar-refractivity contribution in [2.24, 2.45) is 0 Å². The second-order valence-corrected chi connectivity index (χ2v) is 7.58. The van der Waals surface area contributed by atoms with Gasteiger partial charge in [0.1, 0.15) is 12.6 Å². The first-order chi connectivity index (χ1) is 15.0. The van der Waals surface area contributed by atoms with Gasteiger partial charge in [-0.15, -0.1) is 0 Å². The Kier molecular flexibility index (Phi) is 7.65. The van der Waals surface area contributed by atoms with Crippen molar-refractivity contribution in [3.05, 3.63) is 59.7 Å². The van der Waals surface area contributed by atoms with E-state index in [1.54, 1.807) is 6.92 Å². The molecule has 2 amide bonds. The van der Waals surface area contributed by atoms with Gasteiger partial charge in [0.05, 0.1) is 0 Å². The number of alkyl carbamates (subject to hydrolysis) is 1. The number of benzene rings is 2. The smallest absolute Gasteiger partial charge is 0.407 e. The molecule has 0 saturated carbocycles. The number of carbonyl (C=O) groups excluding carboxylic acids is 2. The van der Waals surface area contributed by atoms with E-state index >= 15 is 0 Å². The first-order valence-electron chi connectivity index (χ1n) is 10.6. The largest absolute Gasteiger partial charge is 0.480 e. The molecule has 7 heteroatoms. The maximum absolute atomic E-state index is 12.1. The van der Waals surface area contributed by atoms with E-state index in [9.17, 15) is 14.4 Å². The third-order valence-corrected chi connectivity index (χ3v) is 5.49. The lowest BCUT2D eigenvalue weighted by molar-refractivity contribution is -0.141. The van der Waals surface area contributed by atoms with Crippen LogP contribution in [0.5, 0.6) is 0 Å². The van der Waals surface area contributed by atoms with E-state index in [-0.39, 0.29) is 24.9 Å². The molecule has 0 spiro atoms. The zero-order chi connectivity index (χ0) is 22.2. The summed E-state index contributed by atoms with van der Waals surface area (Å²) in [6, 6.07) is 15.5. The summed E-state index contributed by atoms with van der Waals surface area (Å²) < 4.78 is 5.47. The number of hydrogen-bond donors (Lipinski definition) is 3. The van der Waals surface area contributed by atoms with Crippen LogP contribution in [0.1, 0.15) is 49.7 Å². The number of amides is 2. The number of hydrogen-bond acceptors (Lipinski definition) is 4. The van der Waals surface area contributed by atoms with E-state index in [0.29, 0.717) is 25.8 Å². The fourth-order valence-corrected chi connectivity index (χ4v) is 3.86. The van der Waals surface area contributed by atoms with Gasteiger partial charge in [-0.1, -0.05) is 55.5 Å². The Morgan fingerprint density at radius 3 is 2.19 bits per heavy atom. The molecule has 0 fully saturated rings. The molecule has 1 aliphatic rings. The van der Waals surface area contributed by atoms with Crippen LogP contribution in [0.3, 0.4) is 0 Å². The fraction of sp³-hybridized carbons (Fsp3) is 0.375. The molecule has 1 unspecified atom stereocenters. The molecular weight excluding hydrogens is 396 g/mol. The lowest BCUT2D eigenvalue weighted by Crippen LogP contribution is -2.40. The molecule has 1 atom stereocenters. The van der Waals surface area contributed by atoms with Gasteiger partial charge < -0.3 is 20.5 Å². The predicted molar refractivity (Wildman–Crippen MR) is 117 cm³/mol. The molecular formula is C24H28N2O5. The first kappa shape index (κ1) is 22.3. The number of rotatable bonds is 10. The molecule has 1 aliphatic carbocycles. The minimum atomic E-state index is -1.03. The van der Waals surface area contributed by atoms with E-state index < -0.39 is 18.1 Å². The van der Waals surface area contributed by atoms with E-state index in [0.717, 1.165) is 11.1 Å². The summed E-state index contributed by atoms with van der Waals surface area (Å²) in [4.78, 5) is 34.8. The number of fused-ring (bicyclic) bond motifs is 3. The van der Waals surface area contributed by atoms with Crippen LogP contribution in [-0.4, -0.2) is 42.3 Å². The minimum Gasteiger partial charge on any atom is -0.480 e. The van der Waals surface area contributed by atoms with E-state index in [4.69, 9.17) is 9.84 Å². The van der Waals surface area contributed by atoms with Gasteiger partial charge in [-0.2, -0.15) is 0 Å². The summed E-state index contributed by atoms with van der Waals surface area (Å²) in [7, 11) is 0. The van der Waals surface area contributed by atoms with Crippen molar-refractivity contribution >= 4 is 18.0 Å². The predicted octanol–water partition coefficient (Wildman–Crippen LogP) is 3.67. The van der Waals surface area contributed by atoms with Crippen LogP contribution in [0, 0.1) is 0 Å². The topological polar surface area (TPSA) is 105 Å². The van der Waals surface area contributed by atoms with Crippen molar-refractivity contribution in [1.82, 2.24) is 10.6 Å². The van der Waals surface area contributed by atoms with Gasteiger partial charge >= 0.3 is 12.1 Å². The maximum Gasteiger partial charge on any atom is 0.407 e. The molecule has 31 heavy (non-hydrogen) atoms. The molecule has 0 saturated heterocycles. The molecule has 0 bridgehead atoms. The van der Waals surface area contributed by atoms with Crippen LogP contribution in [-0.2, 0) is 14.3 Å². The molecule has 2 aromatic rings. The van der Waals surface area contributed by atoms with Gasteiger partial charge in [0.25, 0.3) is 0 Å². The van der Waals surface area contributed by atoms with Crippen LogP contribution in [0.2, 0.25) is 0 Å². The van der Waals surface area contributed by atoms with Gasteiger partial charge in [-0.25, -0.2) is 9.59 Å². The second kappa shape index (κ2) is 10.6. The quantitative estimate of drug-likeness (QED) is 0.505. The molecule has 164 valence electrons. The minimum absolute atomic E-state index is 0.0163. The summed E-state index contributed by atoms with van der Waals surface area (Å²) in [5.74, 6) is -1.31. The SMILES string of the molecule is CCC(NC(=O)CCCCNC(=O)OCC1c2ccccc2-c2ccccc21)C(=O)O. The Morgan fingerprint density at radius 1 is 1.00 bits per heavy atom. The highest BCUT2D eigenvalue weighted by molar-refractivity contribution is 5.83.